The van der Waals surface area contributed by atoms with E-state index in [4.69, 9.17) is 4.74 Å². The fourth-order valence-corrected chi connectivity index (χ4v) is 1.73. The molecule has 0 heterocycles. The standard InChI is InChI=1S/C13H13BO3/c1-17-13-9-11(7-8-12(13)14(15)16)10-5-3-2-4-6-10/h2-9,15-16H,1H3. The van der Waals surface area contributed by atoms with Crippen molar-refractivity contribution in [3.05, 3.63) is 48.5 Å². The summed E-state index contributed by atoms with van der Waals surface area (Å²) in [4.78, 5) is 0. The Hall–Kier alpha value is -1.78. The van der Waals surface area contributed by atoms with Crippen molar-refractivity contribution in [1.29, 1.82) is 0 Å². The highest BCUT2D eigenvalue weighted by Crippen LogP contribution is 2.22. The molecule has 3 nitrogen and oxygen atoms in total. The molecule has 0 amide bonds. The molecule has 17 heavy (non-hydrogen) atoms. The highest BCUT2D eigenvalue weighted by molar-refractivity contribution is 6.59. The van der Waals surface area contributed by atoms with Crippen LogP contribution in [0.5, 0.6) is 5.75 Å². The molecule has 2 aromatic rings. The summed E-state index contributed by atoms with van der Waals surface area (Å²) in [5, 5.41) is 18.3. The van der Waals surface area contributed by atoms with Gasteiger partial charge in [0.25, 0.3) is 0 Å². The Labute approximate surface area is 100 Å². The quantitative estimate of drug-likeness (QED) is 0.771. The van der Waals surface area contributed by atoms with Crippen molar-refractivity contribution in [3.63, 3.8) is 0 Å². The molecule has 0 aliphatic heterocycles. The minimum absolute atomic E-state index is 0.368. The molecule has 0 fully saturated rings. The van der Waals surface area contributed by atoms with E-state index in [1.807, 2.05) is 36.4 Å². The monoisotopic (exact) mass is 228 g/mol. The number of ether oxygens (including phenoxy) is 1. The van der Waals surface area contributed by atoms with Gasteiger partial charge in [0.2, 0.25) is 0 Å². The van der Waals surface area contributed by atoms with E-state index in [1.165, 1.54) is 7.11 Å². The van der Waals surface area contributed by atoms with Crippen LogP contribution in [-0.4, -0.2) is 24.3 Å². The topological polar surface area (TPSA) is 49.7 Å². The van der Waals surface area contributed by atoms with E-state index >= 15 is 0 Å². The summed E-state index contributed by atoms with van der Waals surface area (Å²) in [6, 6.07) is 15.1. The van der Waals surface area contributed by atoms with Crippen LogP contribution in [0.4, 0.5) is 0 Å². The van der Waals surface area contributed by atoms with Gasteiger partial charge in [-0.2, -0.15) is 0 Å². The van der Waals surface area contributed by atoms with Gasteiger partial charge in [0.15, 0.2) is 0 Å². The summed E-state index contributed by atoms with van der Waals surface area (Å²) in [6.45, 7) is 0. The van der Waals surface area contributed by atoms with Gasteiger partial charge in [-0.15, -0.1) is 0 Å². The molecular weight excluding hydrogens is 215 g/mol. The zero-order valence-corrected chi connectivity index (χ0v) is 9.50. The summed E-state index contributed by atoms with van der Waals surface area (Å²) >= 11 is 0. The SMILES string of the molecule is COc1cc(-c2ccccc2)ccc1B(O)O. The van der Waals surface area contributed by atoms with Gasteiger partial charge in [-0.3, -0.25) is 0 Å². The zero-order valence-electron chi connectivity index (χ0n) is 9.50. The summed E-state index contributed by atoms with van der Waals surface area (Å²) in [5.41, 5.74) is 2.41. The fourth-order valence-electron chi connectivity index (χ4n) is 1.73. The first-order chi connectivity index (χ1) is 8.22. The molecule has 2 N–H and O–H groups in total. The lowest BCUT2D eigenvalue weighted by atomic mass is 9.79. The van der Waals surface area contributed by atoms with Gasteiger partial charge in [-0.25, -0.2) is 0 Å². The second-order valence-corrected chi connectivity index (χ2v) is 3.70. The van der Waals surface area contributed by atoms with Gasteiger partial charge < -0.3 is 14.8 Å². The van der Waals surface area contributed by atoms with E-state index < -0.39 is 7.12 Å². The van der Waals surface area contributed by atoms with Crippen molar-refractivity contribution < 1.29 is 14.8 Å². The first-order valence-electron chi connectivity index (χ1n) is 5.32. The maximum Gasteiger partial charge on any atom is 0.492 e. The minimum atomic E-state index is -1.52. The van der Waals surface area contributed by atoms with Crippen LogP contribution < -0.4 is 10.2 Å². The summed E-state index contributed by atoms with van der Waals surface area (Å²) in [5.74, 6) is 0.473. The molecule has 0 spiro atoms. The van der Waals surface area contributed by atoms with Crippen LogP contribution in [0.15, 0.2) is 48.5 Å². The molecule has 0 atom stereocenters. The number of rotatable bonds is 3. The summed E-state index contributed by atoms with van der Waals surface area (Å²) in [6.07, 6.45) is 0. The first-order valence-corrected chi connectivity index (χ1v) is 5.32. The normalized spacial score (nSPS) is 10.1. The van der Waals surface area contributed by atoms with E-state index in [1.54, 1.807) is 12.1 Å². The number of hydrogen-bond donors (Lipinski definition) is 2. The van der Waals surface area contributed by atoms with E-state index in [9.17, 15) is 10.0 Å². The Morgan fingerprint density at radius 3 is 2.24 bits per heavy atom. The Morgan fingerprint density at radius 1 is 0.941 bits per heavy atom. The van der Waals surface area contributed by atoms with Crippen LogP contribution in [0.2, 0.25) is 0 Å². The number of benzene rings is 2. The third-order valence-corrected chi connectivity index (χ3v) is 2.62. The van der Waals surface area contributed by atoms with E-state index in [2.05, 4.69) is 0 Å². The van der Waals surface area contributed by atoms with Crippen LogP contribution in [-0.2, 0) is 0 Å². The van der Waals surface area contributed by atoms with E-state index in [-0.39, 0.29) is 0 Å². The highest BCUT2D eigenvalue weighted by atomic mass is 16.5. The minimum Gasteiger partial charge on any atom is -0.497 e. The number of hydrogen-bond acceptors (Lipinski definition) is 3. The lowest BCUT2D eigenvalue weighted by molar-refractivity contribution is 0.403. The van der Waals surface area contributed by atoms with Crippen molar-refractivity contribution in [2.75, 3.05) is 7.11 Å². The molecule has 0 bridgehead atoms. The molecular formula is C13H13BO3. The second kappa shape index (κ2) is 5.04. The van der Waals surface area contributed by atoms with Crippen LogP contribution in [0.1, 0.15) is 0 Å². The molecule has 0 aliphatic carbocycles. The smallest absolute Gasteiger partial charge is 0.492 e. The van der Waals surface area contributed by atoms with Crippen molar-refractivity contribution in [1.82, 2.24) is 0 Å². The van der Waals surface area contributed by atoms with Crippen molar-refractivity contribution in [2.45, 2.75) is 0 Å². The maximum absolute atomic E-state index is 9.17. The van der Waals surface area contributed by atoms with Gasteiger partial charge in [-0.05, 0) is 17.2 Å². The van der Waals surface area contributed by atoms with Gasteiger partial charge in [0.1, 0.15) is 5.75 Å². The number of methoxy groups -OCH3 is 1. The van der Waals surface area contributed by atoms with Crippen molar-refractivity contribution in [2.24, 2.45) is 0 Å². The molecule has 0 aromatic heterocycles. The Bertz CT molecular complexity index is 497. The Balaban J connectivity index is 2.45. The molecule has 86 valence electrons. The largest absolute Gasteiger partial charge is 0.497 e. The summed E-state index contributed by atoms with van der Waals surface area (Å²) < 4.78 is 5.15. The van der Waals surface area contributed by atoms with Crippen LogP contribution in [0, 0.1) is 0 Å². The molecule has 2 rings (SSSR count). The molecule has 0 radical (unpaired) electrons. The predicted octanol–water partition coefficient (Wildman–Crippen LogP) is 1.04. The highest BCUT2D eigenvalue weighted by Gasteiger charge is 2.17. The Morgan fingerprint density at radius 2 is 1.65 bits per heavy atom. The van der Waals surface area contributed by atoms with Gasteiger partial charge in [0.05, 0.1) is 7.11 Å². The molecule has 4 heteroatoms. The molecule has 2 aromatic carbocycles. The average molecular weight is 228 g/mol. The lowest BCUT2D eigenvalue weighted by Crippen LogP contribution is -2.31. The molecule has 0 unspecified atom stereocenters. The van der Waals surface area contributed by atoms with Gasteiger partial charge >= 0.3 is 7.12 Å². The third-order valence-electron chi connectivity index (χ3n) is 2.62. The van der Waals surface area contributed by atoms with Crippen LogP contribution in [0.25, 0.3) is 11.1 Å². The molecule has 0 aliphatic rings. The molecule has 0 saturated heterocycles. The maximum atomic E-state index is 9.17. The average Bonchev–Trinajstić information content (AvgIpc) is 2.39. The first kappa shape index (κ1) is 11.7. The Kier molecular flexibility index (Phi) is 3.47. The molecule has 0 saturated carbocycles. The van der Waals surface area contributed by atoms with Crippen molar-refractivity contribution >= 4 is 12.6 Å². The van der Waals surface area contributed by atoms with E-state index in [0.717, 1.165) is 11.1 Å². The van der Waals surface area contributed by atoms with E-state index in [0.29, 0.717) is 11.2 Å². The van der Waals surface area contributed by atoms with Crippen molar-refractivity contribution in [3.8, 4) is 16.9 Å². The van der Waals surface area contributed by atoms with Crippen LogP contribution in [0.3, 0.4) is 0 Å². The summed E-state index contributed by atoms with van der Waals surface area (Å²) in [7, 11) is -0.00882. The lowest BCUT2D eigenvalue weighted by Gasteiger charge is -2.10. The zero-order chi connectivity index (χ0) is 12.3. The second-order valence-electron chi connectivity index (χ2n) is 3.70. The fraction of sp³-hybridized carbons (Fsp3) is 0.0769. The van der Waals surface area contributed by atoms with Gasteiger partial charge in [-0.1, -0.05) is 42.5 Å². The third kappa shape index (κ3) is 2.49. The van der Waals surface area contributed by atoms with Gasteiger partial charge in [0, 0.05) is 5.46 Å². The van der Waals surface area contributed by atoms with Crippen LogP contribution >= 0.6 is 0 Å². The predicted molar refractivity (Wildman–Crippen MR) is 68.3 cm³/mol.